The van der Waals surface area contributed by atoms with Gasteiger partial charge in [-0.2, -0.15) is 10.2 Å². The number of ether oxygens (including phenoxy) is 1. The molecule has 2 aromatic rings. The highest BCUT2D eigenvalue weighted by molar-refractivity contribution is 9.10. The highest BCUT2D eigenvalue weighted by atomic mass is 79.9. The van der Waals surface area contributed by atoms with Gasteiger partial charge >= 0.3 is 0 Å². The third kappa shape index (κ3) is 2.81. The van der Waals surface area contributed by atoms with Crippen LogP contribution in [-0.4, -0.2) is 24.1 Å². The van der Waals surface area contributed by atoms with Crippen molar-refractivity contribution in [2.45, 2.75) is 0 Å². The minimum Gasteiger partial charge on any atom is -0.495 e. The number of nitrogens with one attached hydrogen (secondary N) is 2. The van der Waals surface area contributed by atoms with Gasteiger partial charge in [-0.1, -0.05) is 6.07 Å². The fourth-order valence-corrected chi connectivity index (χ4v) is 1.91. The van der Waals surface area contributed by atoms with Crippen LogP contribution in [0.1, 0.15) is 5.56 Å². The van der Waals surface area contributed by atoms with Crippen molar-refractivity contribution in [3.05, 3.63) is 34.4 Å². The number of rotatable bonds is 4. The molecular weight excluding hydrogens is 322 g/mol. The Morgan fingerprint density at radius 1 is 1.40 bits per heavy atom. The van der Waals surface area contributed by atoms with Gasteiger partial charge in [0.25, 0.3) is 0 Å². The van der Waals surface area contributed by atoms with Crippen LogP contribution in [0.5, 0.6) is 5.75 Å². The Kier molecular flexibility index (Phi) is 4.38. The van der Waals surface area contributed by atoms with Crippen LogP contribution in [0.15, 0.2) is 28.9 Å². The van der Waals surface area contributed by atoms with Crippen molar-refractivity contribution in [3.63, 3.8) is 0 Å². The first-order valence-electron chi connectivity index (χ1n) is 5.74. The molecule has 0 amide bonds. The average Bonchev–Trinajstić information content (AvgIpc) is 2.49. The monoisotopic (exact) mass is 333 g/mol. The number of benzene rings is 1. The van der Waals surface area contributed by atoms with E-state index in [2.05, 4.69) is 42.6 Å². The number of nitrogens with zero attached hydrogens (tertiary/aromatic N) is 3. The van der Waals surface area contributed by atoms with Gasteiger partial charge < -0.3 is 15.4 Å². The summed E-state index contributed by atoms with van der Waals surface area (Å²) in [6, 6.07) is 7.36. The van der Waals surface area contributed by atoms with Crippen LogP contribution in [-0.2, 0) is 0 Å². The maximum Gasteiger partial charge on any atom is 0.224 e. The summed E-state index contributed by atoms with van der Waals surface area (Å²) < 4.78 is 5.95. The summed E-state index contributed by atoms with van der Waals surface area (Å²) >= 11 is 3.37. The quantitative estimate of drug-likeness (QED) is 0.895. The van der Waals surface area contributed by atoms with E-state index < -0.39 is 0 Å². The SMILES string of the molecule is CNc1ncc(Br)c(Nc2c(C#N)cccc2OC)n1. The Morgan fingerprint density at radius 3 is 2.85 bits per heavy atom. The minimum atomic E-state index is 0.473. The van der Waals surface area contributed by atoms with Gasteiger partial charge in [-0.25, -0.2) is 4.98 Å². The molecule has 0 unspecified atom stereocenters. The normalized spacial score (nSPS) is 9.70. The van der Waals surface area contributed by atoms with Crippen molar-refractivity contribution in [1.29, 1.82) is 5.26 Å². The van der Waals surface area contributed by atoms with E-state index in [1.54, 1.807) is 38.6 Å². The number of para-hydroxylation sites is 1. The van der Waals surface area contributed by atoms with Crippen LogP contribution < -0.4 is 15.4 Å². The summed E-state index contributed by atoms with van der Waals surface area (Å²) in [6.45, 7) is 0. The van der Waals surface area contributed by atoms with Gasteiger partial charge in [0.15, 0.2) is 5.82 Å². The van der Waals surface area contributed by atoms with Crippen LogP contribution in [0.25, 0.3) is 0 Å². The van der Waals surface area contributed by atoms with Crippen molar-refractivity contribution in [3.8, 4) is 11.8 Å². The molecule has 1 aromatic heterocycles. The molecule has 2 rings (SSSR count). The van der Waals surface area contributed by atoms with Gasteiger partial charge in [0, 0.05) is 13.2 Å². The van der Waals surface area contributed by atoms with E-state index in [-0.39, 0.29) is 0 Å². The Labute approximate surface area is 124 Å². The van der Waals surface area contributed by atoms with Crippen LogP contribution in [0.3, 0.4) is 0 Å². The van der Waals surface area contributed by atoms with Gasteiger partial charge in [0.2, 0.25) is 5.95 Å². The van der Waals surface area contributed by atoms with Gasteiger partial charge in [-0.3, -0.25) is 0 Å². The number of halogens is 1. The number of nitriles is 1. The molecule has 0 aliphatic heterocycles. The predicted molar refractivity (Wildman–Crippen MR) is 80.3 cm³/mol. The minimum absolute atomic E-state index is 0.473. The largest absolute Gasteiger partial charge is 0.495 e. The van der Waals surface area contributed by atoms with E-state index in [4.69, 9.17) is 4.74 Å². The third-order valence-corrected chi connectivity index (χ3v) is 3.16. The zero-order valence-corrected chi connectivity index (χ0v) is 12.5. The first-order valence-corrected chi connectivity index (χ1v) is 6.53. The van der Waals surface area contributed by atoms with Crippen LogP contribution in [0, 0.1) is 11.3 Å². The van der Waals surface area contributed by atoms with Crippen LogP contribution in [0.2, 0.25) is 0 Å². The lowest BCUT2D eigenvalue weighted by Crippen LogP contribution is -2.03. The van der Waals surface area contributed by atoms with E-state index in [1.165, 1.54) is 0 Å². The second-order valence-electron chi connectivity index (χ2n) is 3.76. The topological polar surface area (TPSA) is 82.9 Å². The van der Waals surface area contributed by atoms with Gasteiger partial charge in [0.05, 0.1) is 17.1 Å². The molecule has 20 heavy (non-hydrogen) atoms. The Bertz CT molecular complexity index is 668. The van der Waals surface area contributed by atoms with E-state index in [0.29, 0.717) is 33.2 Å². The number of hydrogen-bond acceptors (Lipinski definition) is 6. The summed E-state index contributed by atoms with van der Waals surface area (Å²) in [5.41, 5.74) is 1.04. The lowest BCUT2D eigenvalue weighted by molar-refractivity contribution is 0.416. The summed E-state index contributed by atoms with van der Waals surface area (Å²) in [6.07, 6.45) is 1.63. The molecule has 6 nitrogen and oxygen atoms in total. The summed E-state index contributed by atoms with van der Waals surface area (Å²) in [4.78, 5) is 8.37. The van der Waals surface area contributed by atoms with Gasteiger partial charge in [-0.15, -0.1) is 0 Å². The van der Waals surface area contributed by atoms with Gasteiger partial charge in [0.1, 0.15) is 17.5 Å². The van der Waals surface area contributed by atoms with Crippen LogP contribution >= 0.6 is 15.9 Å². The number of anilines is 3. The van der Waals surface area contributed by atoms with E-state index >= 15 is 0 Å². The molecule has 7 heteroatoms. The Morgan fingerprint density at radius 2 is 2.20 bits per heavy atom. The van der Waals surface area contributed by atoms with Crippen molar-refractivity contribution >= 4 is 33.4 Å². The molecule has 0 aliphatic carbocycles. The third-order valence-electron chi connectivity index (χ3n) is 2.58. The highest BCUT2D eigenvalue weighted by Crippen LogP contribution is 2.32. The van der Waals surface area contributed by atoms with Crippen molar-refractivity contribution in [2.24, 2.45) is 0 Å². The lowest BCUT2D eigenvalue weighted by Gasteiger charge is -2.13. The lowest BCUT2D eigenvalue weighted by atomic mass is 10.2. The Balaban J connectivity index is 2.47. The standard InChI is InChI=1S/C13H12BrN5O/c1-16-13-17-7-9(14)12(19-13)18-11-8(6-15)4-3-5-10(11)20-2/h3-5,7H,1-2H3,(H2,16,17,18,19). The van der Waals surface area contributed by atoms with Gasteiger partial charge in [-0.05, 0) is 28.1 Å². The fourth-order valence-electron chi connectivity index (χ4n) is 1.62. The van der Waals surface area contributed by atoms with E-state index in [9.17, 15) is 5.26 Å². The molecule has 0 aliphatic rings. The first kappa shape index (κ1) is 14.1. The van der Waals surface area contributed by atoms with Crippen LogP contribution in [0.4, 0.5) is 17.5 Å². The molecule has 0 saturated heterocycles. The molecular formula is C13H12BrN5O. The Hall–Kier alpha value is -2.33. The van der Waals surface area contributed by atoms with Crippen molar-refractivity contribution in [2.75, 3.05) is 24.8 Å². The molecule has 0 spiro atoms. The highest BCUT2D eigenvalue weighted by Gasteiger charge is 2.12. The number of hydrogen-bond donors (Lipinski definition) is 2. The number of aromatic nitrogens is 2. The molecule has 0 radical (unpaired) electrons. The summed E-state index contributed by atoms with van der Waals surface area (Å²) in [5, 5.41) is 15.1. The molecule has 0 bridgehead atoms. The van der Waals surface area contributed by atoms with Crippen molar-refractivity contribution < 1.29 is 4.74 Å². The van der Waals surface area contributed by atoms with Crippen molar-refractivity contribution in [1.82, 2.24) is 9.97 Å². The molecule has 0 fully saturated rings. The molecule has 102 valence electrons. The predicted octanol–water partition coefficient (Wildman–Crippen LogP) is 2.90. The first-order chi connectivity index (χ1) is 9.69. The molecule has 0 saturated carbocycles. The second-order valence-corrected chi connectivity index (χ2v) is 4.61. The van der Waals surface area contributed by atoms with E-state index in [0.717, 1.165) is 0 Å². The fraction of sp³-hybridized carbons (Fsp3) is 0.154. The zero-order chi connectivity index (χ0) is 14.5. The second kappa shape index (κ2) is 6.21. The smallest absolute Gasteiger partial charge is 0.224 e. The maximum absolute atomic E-state index is 9.18. The number of methoxy groups -OCH3 is 1. The molecule has 0 atom stereocenters. The molecule has 2 N–H and O–H groups in total. The zero-order valence-electron chi connectivity index (χ0n) is 10.9. The average molecular weight is 334 g/mol. The maximum atomic E-state index is 9.18. The summed E-state index contributed by atoms with van der Waals surface area (Å²) in [7, 11) is 3.28. The molecule has 1 heterocycles. The summed E-state index contributed by atoms with van der Waals surface area (Å²) in [5.74, 6) is 1.59. The molecule has 1 aromatic carbocycles. The van der Waals surface area contributed by atoms with E-state index in [1.807, 2.05) is 0 Å².